The van der Waals surface area contributed by atoms with Crippen LogP contribution in [0.4, 0.5) is 17.6 Å². The Hall–Kier alpha value is -4.99. The second-order valence-corrected chi connectivity index (χ2v) is 15.4. The largest absolute Gasteiger partial charge is 0.507 e. The summed E-state index contributed by atoms with van der Waals surface area (Å²) < 4.78 is 84.5. The van der Waals surface area contributed by atoms with E-state index >= 15 is 0 Å². The average Bonchev–Trinajstić information content (AvgIpc) is 3.18. The number of phenolic OH excluding ortho intramolecular Hbond substituents is 1. The topological polar surface area (TPSA) is 101 Å². The monoisotopic (exact) mass is 910 g/mol. The summed E-state index contributed by atoms with van der Waals surface area (Å²) in [4.78, 5) is 25.9. The second kappa shape index (κ2) is 18.7. The normalized spacial score (nSPS) is 20.2. The van der Waals surface area contributed by atoms with Gasteiger partial charge in [-0.2, -0.15) is 0 Å². The zero-order valence-electron chi connectivity index (χ0n) is 31.1. The first kappa shape index (κ1) is 41.2. The molecular weight excluding hydrogens is 871 g/mol. The van der Waals surface area contributed by atoms with Gasteiger partial charge in [-0.15, -0.1) is 0 Å². The van der Waals surface area contributed by atoms with Gasteiger partial charge in [0.15, 0.2) is 24.1 Å². The molecule has 0 amide bonds. The summed E-state index contributed by atoms with van der Waals surface area (Å²) in [6.45, 7) is 1.29. The molecule has 302 valence electrons. The van der Waals surface area contributed by atoms with Gasteiger partial charge in [0.05, 0.1) is 30.3 Å². The minimum atomic E-state index is -0.892. The molecule has 8 rings (SSSR count). The van der Waals surface area contributed by atoms with Gasteiger partial charge in [0.2, 0.25) is 0 Å². The van der Waals surface area contributed by atoms with E-state index in [9.17, 15) is 32.3 Å². The van der Waals surface area contributed by atoms with Crippen molar-refractivity contribution in [3.05, 3.63) is 152 Å². The molecule has 0 saturated carbocycles. The number of benzene rings is 5. The Morgan fingerprint density at radius 2 is 1.26 bits per heavy atom. The van der Waals surface area contributed by atoms with Crippen molar-refractivity contribution in [2.24, 2.45) is 0 Å². The van der Waals surface area contributed by atoms with Crippen LogP contribution in [-0.2, 0) is 15.9 Å². The number of rotatable bonds is 9. The van der Waals surface area contributed by atoms with E-state index in [1.54, 1.807) is 24.3 Å². The summed E-state index contributed by atoms with van der Waals surface area (Å²) in [5.74, 6) is -3.47. The molecule has 4 unspecified atom stereocenters. The third-order valence-electron chi connectivity index (χ3n) is 9.87. The third kappa shape index (κ3) is 10.4. The molecule has 0 aromatic heterocycles. The van der Waals surface area contributed by atoms with Crippen LogP contribution in [0.5, 0.6) is 23.0 Å². The van der Waals surface area contributed by atoms with E-state index in [1.807, 2.05) is 24.3 Å². The van der Waals surface area contributed by atoms with Gasteiger partial charge >= 0.3 is 0 Å². The maximum atomic E-state index is 14.0. The van der Waals surface area contributed by atoms with Crippen molar-refractivity contribution in [2.75, 3.05) is 13.2 Å². The number of phenols is 1. The van der Waals surface area contributed by atoms with Crippen LogP contribution in [0.25, 0.3) is 0 Å². The van der Waals surface area contributed by atoms with Gasteiger partial charge in [0.1, 0.15) is 52.4 Å². The molecule has 1 N–H and O–H groups in total. The molecular formula is C45H39F4IO8. The Bertz CT molecular complexity index is 2220. The fraction of sp³-hybridized carbons (Fsp3) is 0.289. The molecule has 0 radical (unpaired) electrons. The number of ketones is 2. The van der Waals surface area contributed by atoms with Crippen LogP contribution >= 0.6 is 22.6 Å². The summed E-state index contributed by atoms with van der Waals surface area (Å²) in [5.41, 5.74) is 1.61. The number of Topliss-reactive ketones (excluding diaryl/α,β-unsaturated/α-hetero) is 2. The number of aromatic hydroxyl groups is 1. The number of hydrogen-bond donors (Lipinski definition) is 1. The van der Waals surface area contributed by atoms with Crippen molar-refractivity contribution in [1.29, 1.82) is 0 Å². The summed E-state index contributed by atoms with van der Waals surface area (Å²) in [7, 11) is 0. The van der Waals surface area contributed by atoms with Crippen molar-refractivity contribution < 1.29 is 55.9 Å². The van der Waals surface area contributed by atoms with Gasteiger partial charge in [-0.25, -0.2) is 17.6 Å². The number of halogens is 5. The van der Waals surface area contributed by atoms with E-state index < -0.39 is 41.1 Å². The van der Waals surface area contributed by atoms with E-state index in [-0.39, 0.29) is 47.2 Å². The van der Waals surface area contributed by atoms with Gasteiger partial charge in [0, 0.05) is 47.1 Å². The van der Waals surface area contributed by atoms with Gasteiger partial charge in [-0.3, -0.25) is 9.59 Å². The number of fused-ring (bicyclic) bond motifs is 1. The Balaban J connectivity index is 0.000000184. The highest BCUT2D eigenvalue weighted by Gasteiger charge is 2.40. The van der Waals surface area contributed by atoms with E-state index in [4.69, 9.17) is 23.7 Å². The van der Waals surface area contributed by atoms with Gasteiger partial charge in [-0.05, 0) is 126 Å². The summed E-state index contributed by atoms with van der Waals surface area (Å²) in [6, 6.07) is 23.0. The summed E-state index contributed by atoms with van der Waals surface area (Å²) in [5, 5.41) is 10.1. The van der Waals surface area contributed by atoms with Crippen LogP contribution in [0.15, 0.2) is 97.1 Å². The second-order valence-electron chi connectivity index (χ2n) is 14.2. The van der Waals surface area contributed by atoms with Crippen molar-refractivity contribution in [3.63, 3.8) is 0 Å². The first-order valence-electron chi connectivity index (χ1n) is 18.9. The van der Waals surface area contributed by atoms with Crippen LogP contribution in [0.1, 0.15) is 88.0 Å². The van der Waals surface area contributed by atoms with Gasteiger partial charge in [-0.1, -0.05) is 12.1 Å². The summed E-state index contributed by atoms with van der Waals surface area (Å²) in [6.07, 6.45) is 3.99. The SMILES string of the molecule is O=C(Cc1cc(F)cc(F)c1)c1ccc(OC2CCCCO2)cc1O.O=C1c2ccc(OC3CCCCO3)cc2OC(c2ccc(I)cc2)C1c1cc(F)cc(F)c1. The lowest BCUT2D eigenvalue weighted by atomic mass is 9.81. The Morgan fingerprint density at radius 1 is 0.690 bits per heavy atom. The number of hydrogen-bond acceptors (Lipinski definition) is 8. The first-order chi connectivity index (χ1) is 28.0. The highest BCUT2D eigenvalue weighted by molar-refractivity contribution is 14.1. The Labute approximate surface area is 346 Å². The lowest BCUT2D eigenvalue weighted by Gasteiger charge is -2.33. The molecule has 58 heavy (non-hydrogen) atoms. The van der Waals surface area contributed by atoms with E-state index in [0.717, 1.165) is 71.9 Å². The molecule has 0 spiro atoms. The molecule has 3 heterocycles. The highest BCUT2D eigenvalue weighted by atomic mass is 127. The Kier molecular flexibility index (Phi) is 13.3. The van der Waals surface area contributed by atoms with Crippen LogP contribution in [-0.4, -0.2) is 42.5 Å². The van der Waals surface area contributed by atoms with Crippen molar-refractivity contribution >= 4 is 34.2 Å². The predicted molar refractivity (Wildman–Crippen MR) is 213 cm³/mol. The molecule has 5 aromatic carbocycles. The van der Waals surface area contributed by atoms with Crippen LogP contribution in [0.3, 0.4) is 0 Å². The number of carbonyl (C=O) groups is 2. The van der Waals surface area contributed by atoms with E-state index in [2.05, 4.69) is 22.6 Å². The fourth-order valence-electron chi connectivity index (χ4n) is 7.11. The predicted octanol–water partition coefficient (Wildman–Crippen LogP) is 10.6. The molecule has 3 aliphatic heterocycles. The minimum Gasteiger partial charge on any atom is -0.507 e. The van der Waals surface area contributed by atoms with Gasteiger partial charge < -0.3 is 28.8 Å². The van der Waals surface area contributed by atoms with Crippen molar-refractivity contribution in [3.8, 4) is 23.0 Å². The first-order valence-corrected chi connectivity index (χ1v) is 20.0. The van der Waals surface area contributed by atoms with Crippen LogP contribution in [0.2, 0.25) is 0 Å². The lowest BCUT2D eigenvalue weighted by Crippen LogP contribution is -2.30. The molecule has 5 aromatic rings. The summed E-state index contributed by atoms with van der Waals surface area (Å²) >= 11 is 2.19. The number of carbonyl (C=O) groups excluding carboxylic acids is 2. The van der Waals surface area contributed by atoms with Crippen molar-refractivity contribution in [2.45, 2.75) is 69.5 Å². The highest BCUT2D eigenvalue weighted by Crippen LogP contribution is 2.45. The third-order valence-corrected chi connectivity index (χ3v) is 10.6. The van der Waals surface area contributed by atoms with Crippen LogP contribution < -0.4 is 14.2 Å². The standard InChI is InChI=1S/C26H21F2IO4.C19H18F2O4/c27-17-11-16(12-18(28)13-17)24-25(30)21-9-8-20(32-23-3-1-2-10-31-23)14-22(21)33-26(24)15-4-6-19(29)7-5-15;20-13-7-12(8-14(21)10-13)9-17(22)16-5-4-15(11-18(16)23)25-19-3-1-2-6-24-19/h4-9,11-14,23-24,26H,1-3,10H2;4-5,7-8,10-11,19,23H,1-3,6,9H2. The maximum Gasteiger partial charge on any atom is 0.199 e. The van der Waals surface area contributed by atoms with Crippen molar-refractivity contribution in [1.82, 2.24) is 0 Å². The quantitative estimate of drug-likeness (QED) is 0.0887. The van der Waals surface area contributed by atoms with Crippen LogP contribution in [0, 0.1) is 26.8 Å². The maximum absolute atomic E-state index is 14.0. The smallest absolute Gasteiger partial charge is 0.199 e. The van der Waals surface area contributed by atoms with E-state index in [0.29, 0.717) is 36.0 Å². The molecule has 8 nitrogen and oxygen atoms in total. The average molecular weight is 911 g/mol. The molecule has 4 atom stereocenters. The van der Waals surface area contributed by atoms with E-state index in [1.165, 1.54) is 24.3 Å². The van der Waals surface area contributed by atoms with Gasteiger partial charge in [0.25, 0.3) is 0 Å². The zero-order valence-corrected chi connectivity index (χ0v) is 33.3. The lowest BCUT2D eigenvalue weighted by molar-refractivity contribution is -0.106. The molecule has 3 aliphatic rings. The Morgan fingerprint density at radius 3 is 1.83 bits per heavy atom. The molecule has 0 bridgehead atoms. The molecule has 13 heteroatoms. The fourth-order valence-corrected chi connectivity index (χ4v) is 7.47. The minimum absolute atomic E-state index is 0.0709. The molecule has 2 fully saturated rings. The molecule has 2 saturated heterocycles. The number of ether oxygens (including phenoxy) is 5. The molecule has 0 aliphatic carbocycles. The zero-order chi connectivity index (χ0) is 40.8.